The van der Waals surface area contributed by atoms with Crippen molar-refractivity contribution in [2.24, 2.45) is 5.10 Å². The molecule has 6 nitrogen and oxygen atoms in total. The van der Waals surface area contributed by atoms with E-state index < -0.39 is 24.9 Å². The molecule has 0 aliphatic rings. The highest BCUT2D eigenvalue weighted by atomic mass is 19.3. The summed E-state index contributed by atoms with van der Waals surface area (Å²) in [6.07, 6.45) is 1.11. The number of hydrogen-bond donors (Lipinski definition) is 2. The van der Waals surface area contributed by atoms with Crippen molar-refractivity contribution in [2.75, 3.05) is 5.43 Å². The summed E-state index contributed by atoms with van der Waals surface area (Å²) >= 11 is 0. The number of aromatic carboxylic acids is 1. The Morgan fingerprint density at radius 3 is 2.46 bits per heavy atom. The zero-order valence-corrected chi connectivity index (χ0v) is 12.9. The second-order valence-corrected chi connectivity index (χ2v) is 4.71. The standard InChI is InChI=1S/C16H12F4N2O4/c17-15(18)25-12-5-4-10(13(7-12)26-16(19)20)8-21-22-11-3-1-2-9(6-11)14(23)24/h1-8,15-16,22H,(H,23,24)/b21-8+. The normalized spacial score (nSPS) is 11.2. The van der Waals surface area contributed by atoms with Crippen LogP contribution in [0.4, 0.5) is 23.2 Å². The van der Waals surface area contributed by atoms with Gasteiger partial charge in [0.25, 0.3) is 0 Å². The number of carboxylic acid groups (broad SMARTS) is 1. The van der Waals surface area contributed by atoms with Crippen LogP contribution in [0.5, 0.6) is 11.5 Å². The number of hydrazone groups is 1. The molecule has 2 aromatic carbocycles. The van der Waals surface area contributed by atoms with Gasteiger partial charge >= 0.3 is 19.2 Å². The molecule has 0 saturated heterocycles. The number of anilines is 1. The molecule has 138 valence electrons. The van der Waals surface area contributed by atoms with E-state index in [1.165, 1.54) is 24.3 Å². The van der Waals surface area contributed by atoms with Gasteiger partial charge in [-0.2, -0.15) is 22.7 Å². The fourth-order valence-corrected chi connectivity index (χ4v) is 1.89. The Balaban J connectivity index is 2.17. The van der Waals surface area contributed by atoms with Crippen molar-refractivity contribution in [3.8, 4) is 11.5 Å². The molecule has 26 heavy (non-hydrogen) atoms. The Morgan fingerprint density at radius 2 is 1.81 bits per heavy atom. The van der Waals surface area contributed by atoms with Crippen LogP contribution in [0.1, 0.15) is 15.9 Å². The first kappa shape index (κ1) is 19.0. The lowest BCUT2D eigenvalue weighted by Gasteiger charge is -2.11. The fourth-order valence-electron chi connectivity index (χ4n) is 1.89. The number of benzene rings is 2. The minimum Gasteiger partial charge on any atom is -0.478 e. The third kappa shape index (κ3) is 5.65. The van der Waals surface area contributed by atoms with Crippen molar-refractivity contribution in [3.63, 3.8) is 0 Å². The third-order valence-corrected chi connectivity index (χ3v) is 2.93. The first-order valence-electron chi connectivity index (χ1n) is 7.01. The molecule has 0 aliphatic heterocycles. The van der Waals surface area contributed by atoms with E-state index in [1.807, 2.05) is 0 Å². The highest BCUT2D eigenvalue weighted by Gasteiger charge is 2.12. The van der Waals surface area contributed by atoms with E-state index in [-0.39, 0.29) is 16.9 Å². The summed E-state index contributed by atoms with van der Waals surface area (Å²) in [6, 6.07) is 8.95. The summed E-state index contributed by atoms with van der Waals surface area (Å²) in [5.74, 6) is -1.89. The summed E-state index contributed by atoms with van der Waals surface area (Å²) in [5, 5.41) is 12.7. The second kappa shape index (κ2) is 8.70. The molecule has 2 rings (SSSR count). The highest BCUT2D eigenvalue weighted by molar-refractivity contribution is 5.89. The molecule has 0 aliphatic carbocycles. The fraction of sp³-hybridized carbons (Fsp3) is 0.125. The molecule has 0 saturated carbocycles. The first-order valence-corrected chi connectivity index (χ1v) is 7.01. The first-order chi connectivity index (χ1) is 12.3. The molecular weight excluding hydrogens is 360 g/mol. The lowest BCUT2D eigenvalue weighted by Crippen LogP contribution is -2.07. The average molecular weight is 372 g/mol. The van der Waals surface area contributed by atoms with Crippen molar-refractivity contribution in [1.29, 1.82) is 0 Å². The zero-order chi connectivity index (χ0) is 19.1. The lowest BCUT2D eigenvalue weighted by molar-refractivity contribution is -0.0543. The smallest absolute Gasteiger partial charge is 0.387 e. The van der Waals surface area contributed by atoms with E-state index in [0.29, 0.717) is 5.69 Å². The van der Waals surface area contributed by atoms with Crippen LogP contribution in [0.2, 0.25) is 0 Å². The van der Waals surface area contributed by atoms with Crippen LogP contribution in [0.15, 0.2) is 47.6 Å². The van der Waals surface area contributed by atoms with Gasteiger partial charge in [0.15, 0.2) is 0 Å². The predicted octanol–water partition coefficient (Wildman–Crippen LogP) is 4.03. The van der Waals surface area contributed by atoms with E-state index in [9.17, 15) is 22.4 Å². The van der Waals surface area contributed by atoms with E-state index >= 15 is 0 Å². The Bertz CT molecular complexity index is 800. The number of carboxylic acids is 1. The van der Waals surface area contributed by atoms with Crippen LogP contribution in [0.25, 0.3) is 0 Å². The Morgan fingerprint density at radius 1 is 1.08 bits per heavy atom. The minimum absolute atomic E-state index is 0.0282. The molecule has 0 aromatic heterocycles. The predicted molar refractivity (Wildman–Crippen MR) is 84.3 cm³/mol. The van der Waals surface area contributed by atoms with Gasteiger partial charge in [0.2, 0.25) is 0 Å². The molecule has 0 heterocycles. The molecule has 2 N–H and O–H groups in total. The minimum atomic E-state index is -3.18. The molecule has 0 fully saturated rings. The zero-order valence-electron chi connectivity index (χ0n) is 12.9. The van der Waals surface area contributed by atoms with Crippen LogP contribution in [0, 0.1) is 0 Å². The Labute approximate surface area is 144 Å². The monoisotopic (exact) mass is 372 g/mol. The number of hydrogen-bond acceptors (Lipinski definition) is 5. The summed E-state index contributed by atoms with van der Waals surface area (Å²) < 4.78 is 57.8. The molecule has 0 amide bonds. The maximum absolute atomic E-state index is 12.5. The summed E-state index contributed by atoms with van der Waals surface area (Å²) in [6.45, 7) is -6.29. The molecule has 0 radical (unpaired) electrons. The van der Waals surface area contributed by atoms with Crippen molar-refractivity contribution in [1.82, 2.24) is 0 Å². The largest absolute Gasteiger partial charge is 0.478 e. The molecule has 0 spiro atoms. The van der Waals surface area contributed by atoms with Crippen LogP contribution in [-0.2, 0) is 0 Å². The van der Waals surface area contributed by atoms with E-state index in [0.717, 1.165) is 18.3 Å². The van der Waals surface area contributed by atoms with Gasteiger partial charge in [-0.15, -0.1) is 0 Å². The molecular formula is C16H12F4N2O4. The highest BCUT2D eigenvalue weighted by Crippen LogP contribution is 2.26. The molecule has 0 bridgehead atoms. The molecule has 10 heteroatoms. The maximum atomic E-state index is 12.5. The second-order valence-electron chi connectivity index (χ2n) is 4.71. The van der Waals surface area contributed by atoms with E-state index in [1.54, 1.807) is 6.07 Å². The quantitative estimate of drug-likeness (QED) is 0.415. The van der Waals surface area contributed by atoms with Gasteiger partial charge in [-0.25, -0.2) is 4.79 Å². The van der Waals surface area contributed by atoms with Gasteiger partial charge < -0.3 is 14.6 Å². The van der Waals surface area contributed by atoms with Crippen LogP contribution in [0.3, 0.4) is 0 Å². The number of alkyl halides is 4. The van der Waals surface area contributed by atoms with Gasteiger partial charge in [-0.05, 0) is 30.3 Å². The van der Waals surface area contributed by atoms with Crippen molar-refractivity contribution >= 4 is 17.9 Å². The van der Waals surface area contributed by atoms with E-state index in [4.69, 9.17) is 5.11 Å². The van der Waals surface area contributed by atoms with Crippen LogP contribution in [-0.4, -0.2) is 30.5 Å². The van der Waals surface area contributed by atoms with Crippen LogP contribution >= 0.6 is 0 Å². The van der Waals surface area contributed by atoms with Gasteiger partial charge in [0.1, 0.15) is 11.5 Å². The number of nitrogens with zero attached hydrogens (tertiary/aromatic N) is 1. The summed E-state index contributed by atoms with van der Waals surface area (Å²) in [5.41, 5.74) is 2.96. The summed E-state index contributed by atoms with van der Waals surface area (Å²) in [7, 11) is 0. The van der Waals surface area contributed by atoms with Crippen molar-refractivity contribution in [3.05, 3.63) is 53.6 Å². The molecule has 2 aromatic rings. The summed E-state index contributed by atoms with van der Waals surface area (Å²) in [4.78, 5) is 10.9. The maximum Gasteiger partial charge on any atom is 0.387 e. The van der Waals surface area contributed by atoms with Crippen LogP contribution < -0.4 is 14.9 Å². The topological polar surface area (TPSA) is 80.2 Å². The Kier molecular flexibility index (Phi) is 6.36. The average Bonchev–Trinajstić information content (AvgIpc) is 2.56. The number of rotatable bonds is 8. The van der Waals surface area contributed by atoms with Gasteiger partial charge in [-0.3, -0.25) is 5.43 Å². The number of ether oxygens (including phenoxy) is 2. The van der Waals surface area contributed by atoms with E-state index in [2.05, 4.69) is 20.0 Å². The number of nitrogens with one attached hydrogen (secondary N) is 1. The number of halogens is 4. The molecule has 0 atom stereocenters. The number of carbonyl (C=O) groups is 1. The van der Waals surface area contributed by atoms with Gasteiger partial charge in [0.05, 0.1) is 17.5 Å². The molecule has 0 unspecified atom stereocenters. The lowest BCUT2D eigenvalue weighted by atomic mass is 10.2. The van der Waals surface area contributed by atoms with Gasteiger partial charge in [0, 0.05) is 11.6 Å². The SMILES string of the molecule is O=C(O)c1cccc(N/N=C/c2ccc(OC(F)F)cc2OC(F)F)c1. The van der Waals surface area contributed by atoms with Gasteiger partial charge in [-0.1, -0.05) is 6.07 Å². The van der Waals surface area contributed by atoms with Crippen molar-refractivity contribution in [2.45, 2.75) is 13.2 Å². The third-order valence-electron chi connectivity index (χ3n) is 2.93. The Hall–Kier alpha value is -3.30. The van der Waals surface area contributed by atoms with Crippen molar-refractivity contribution < 1.29 is 36.9 Å².